The highest BCUT2D eigenvalue weighted by atomic mass is 35.5. The molecular formula is C9H8Cl2O2. The number of carbonyl (C=O) groups excluding carboxylic acids is 1. The van der Waals surface area contributed by atoms with Gasteiger partial charge in [-0.1, -0.05) is 23.2 Å². The quantitative estimate of drug-likeness (QED) is 0.714. The van der Waals surface area contributed by atoms with Crippen molar-refractivity contribution in [2.24, 2.45) is 0 Å². The van der Waals surface area contributed by atoms with Crippen LogP contribution >= 0.6 is 23.2 Å². The van der Waals surface area contributed by atoms with Gasteiger partial charge in [0.25, 0.3) is 0 Å². The third-order valence-electron chi connectivity index (χ3n) is 1.79. The van der Waals surface area contributed by atoms with Crippen LogP contribution in [-0.2, 0) is 0 Å². The molecule has 1 aromatic rings. The summed E-state index contributed by atoms with van der Waals surface area (Å²) in [7, 11) is 1.48. The Balaban J connectivity index is 3.45. The normalized spacial score (nSPS) is 9.85. The van der Waals surface area contributed by atoms with Gasteiger partial charge >= 0.3 is 0 Å². The fraction of sp³-hybridized carbons (Fsp3) is 0.222. The number of rotatable bonds is 2. The van der Waals surface area contributed by atoms with Gasteiger partial charge in [0, 0.05) is 5.56 Å². The molecule has 0 atom stereocenters. The van der Waals surface area contributed by atoms with Crippen LogP contribution in [0.15, 0.2) is 6.07 Å². The molecule has 0 aliphatic rings. The van der Waals surface area contributed by atoms with E-state index < -0.39 is 0 Å². The Morgan fingerprint density at radius 2 is 2.08 bits per heavy atom. The molecular weight excluding hydrogens is 211 g/mol. The minimum atomic E-state index is 0.347. The summed E-state index contributed by atoms with van der Waals surface area (Å²) in [5, 5.41) is 0.734. The van der Waals surface area contributed by atoms with Crippen LogP contribution in [0.5, 0.6) is 5.75 Å². The minimum absolute atomic E-state index is 0.347. The SMILES string of the molecule is COc1c(Cl)cc(C=O)c(C)c1Cl. The molecule has 0 aliphatic carbocycles. The molecule has 70 valence electrons. The molecule has 0 aliphatic heterocycles. The molecule has 1 aromatic carbocycles. The summed E-state index contributed by atoms with van der Waals surface area (Å²) in [5.41, 5.74) is 1.16. The maximum atomic E-state index is 10.6. The lowest BCUT2D eigenvalue weighted by atomic mass is 10.1. The summed E-state index contributed by atoms with van der Waals surface area (Å²) in [6, 6.07) is 1.54. The lowest BCUT2D eigenvalue weighted by Crippen LogP contribution is -1.93. The largest absolute Gasteiger partial charge is 0.494 e. The average Bonchev–Trinajstić information content (AvgIpc) is 2.12. The maximum Gasteiger partial charge on any atom is 0.156 e. The highest BCUT2D eigenvalue weighted by molar-refractivity contribution is 6.38. The Labute approximate surface area is 86.4 Å². The van der Waals surface area contributed by atoms with Crippen molar-refractivity contribution in [3.8, 4) is 5.75 Å². The molecule has 0 bridgehead atoms. The van der Waals surface area contributed by atoms with Crippen molar-refractivity contribution in [1.82, 2.24) is 0 Å². The number of benzene rings is 1. The third-order valence-corrected chi connectivity index (χ3v) is 2.53. The van der Waals surface area contributed by atoms with E-state index in [9.17, 15) is 4.79 Å². The third kappa shape index (κ3) is 1.79. The van der Waals surface area contributed by atoms with E-state index in [0.29, 0.717) is 33.2 Å². The molecule has 0 saturated heterocycles. The first-order valence-electron chi connectivity index (χ1n) is 3.59. The molecule has 0 aromatic heterocycles. The molecule has 0 spiro atoms. The number of hydrogen-bond donors (Lipinski definition) is 0. The summed E-state index contributed by atoms with van der Waals surface area (Å²) >= 11 is 11.7. The zero-order chi connectivity index (χ0) is 10.0. The fourth-order valence-electron chi connectivity index (χ4n) is 1.02. The molecule has 13 heavy (non-hydrogen) atoms. The second kappa shape index (κ2) is 3.99. The standard InChI is InChI=1S/C9H8Cl2O2/c1-5-6(4-12)3-7(10)9(13-2)8(5)11/h3-4H,1-2H3. The molecule has 0 unspecified atom stereocenters. The van der Waals surface area contributed by atoms with Gasteiger partial charge in [0.2, 0.25) is 0 Å². The number of carbonyl (C=O) groups is 1. The Hall–Kier alpha value is -0.730. The minimum Gasteiger partial charge on any atom is -0.494 e. The monoisotopic (exact) mass is 218 g/mol. The van der Waals surface area contributed by atoms with Crippen LogP contribution in [-0.4, -0.2) is 13.4 Å². The van der Waals surface area contributed by atoms with Gasteiger partial charge < -0.3 is 4.74 Å². The van der Waals surface area contributed by atoms with Gasteiger partial charge in [0.05, 0.1) is 17.2 Å². The van der Waals surface area contributed by atoms with Gasteiger partial charge in [-0.25, -0.2) is 0 Å². The van der Waals surface area contributed by atoms with Gasteiger partial charge in [-0.05, 0) is 18.6 Å². The Morgan fingerprint density at radius 1 is 1.46 bits per heavy atom. The van der Waals surface area contributed by atoms with E-state index in [0.717, 1.165) is 0 Å². The number of aldehydes is 1. The Bertz CT molecular complexity index is 348. The van der Waals surface area contributed by atoms with E-state index in [4.69, 9.17) is 27.9 Å². The van der Waals surface area contributed by atoms with E-state index in [1.165, 1.54) is 13.2 Å². The van der Waals surface area contributed by atoms with Gasteiger partial charge in [-0.3, -0.25) is 4.79 Å². The molecule has 0 heterocycles. The molecule has 4 heteroatoms. The highest BCUT2D eigenvalue weighted by Crippen LogP contribution is 2.36. The van der Waals surface area contributed by atoms with Crippen molar-refractivity contribution in [3.63, 3.8) is 0 Å². The number of methoxy groups -OCH3 is 1. The summed E-state index contributed by atoms with van der Waals surface area (Å²) in [6.07, 6.45) is 0.715. The lowest BCUT2D eigenvalue weighted by molar-refractivity contribution is 0.112. The molecule has 0 saturated carbocycles. The maximum absolute atomic E-state index is 10.6. The van der Waals surface area contributed by atoms with Crippen LogP contribution in [0, 0.1) is 6.92 Å². The first kappa shape index (κ1) is 10.4. The van der Waals surface area contributed by atoms with Gasteiger partial charge in [-0.2, -0.15) is 0 Å². The highest BCUT2D eigenvalue weighted by Gasteiger charge is 2.12. The van der Waals surface area contributed by atoms with Gasteiger partial charge in [0.1, 0.15) is 6.29 Å². The first-order chi connectivity index (χ1) is 6.11. The van der Waals surface area contributed by atoms with Gasteiger partial charge in [-0.15, -0.1) is 0 Å². The van der Waals surface area contributed by atoms with E-state index in [1.54, 1.807) is 6.92 Å². The van der Waals surface area contributed by atoms with Crippen molar-refractivity contribution in [2.75, 3.05) is 7.11 Å². The van der Waals surface area contributed by atoms with Crippen LogP contribution < -0.4 is 4.74 Å². The Morgan fingerprint density at radius 3 is 2.54 bits per heavy atom. The average molecular weight is 219 g/mol. The molecule has 1 rings (SSSR count). The van der Waals surface area contributed by atoms with Crippen LogP contribution in [0.4, 0.5) is 0 Å². The summed E-state index contributed by atoms with van der Waals surface area (Å²) < 4.78 is 4.98. The van der Waals surface area contributed by atoms with Crippen LogP contribution in [0.3, 0.4) is 0 Å². The molecule has 0 N–H and O–H groups in total. The smallest absolute Gasteiger partial charge is 0.156 e. The topological polar surface area (TPSA) is 26.3 Å². The summed E-state index contributed by atoms with van der Waals surface area (Å²) in [6.45, 7) is 1.74. The van der Waals surface area contributed by atoms with E-state index >= 15 is 0 Å². The van der Waals surface area contributed by atoms with Crippen molar-refractivity contribution < 1.29 is 9.53 Å². The van der Waals surface area contributed by atoms with E-state index in [-0.39, 0.29) is 0 Å². The first-order valence-corrected chi connectivity index (χ1v) is 4.35. The zero-order valence-corrected chi connectivity index (χ0v) is 8.74. The Kier molecular flexibility index (Phi) is 3.17. The van der Waals surface area contributed by atoms with Crippen LogP contribution in [0.25, 0.3) is 0 Å². The second-order valence-electron chi connectivity index (χ2n) is 2.54. The van der Waals surface area contributed by atoms with Crippen molar-refractivity contribution in [2.45, 2.75) is 6.92 Å². The zero-order valence-electron chi connectivity index (χ0n) is 7.23. The molecule has 0 radical (unpaired) electrons. The number of hydrogen-bond acceptors (Lipinski definition) is 2. The fourth-order valence-corrected chi connectivity index (χ4v) is 1.65. The van der Waals surface area contributed by atoms with Crippen molar-refractivity contribution >= 4 is 29.5 Å². The molecule has 2 nitrogen and oxygen atoms in total. The van der Waals surface area contributed by atoms with Crippen LogP contribution in [0.1, 0.15) is 15.9 Å². The summed E-state index contributed by atoms with van der Waals surface area (Å²) in [5.74, 6) is 0.409. The predicted octanol–water partition coefficient (Wildman–Crippen LogP) is 3.12. The predicted molar refractivity (Wildman–Crippen MR) is 53.1 cm³/mol. The van der Waals surface area contributed by atoms with Gasteiger partial charge in [0.15, 0.2) is 5.75 Å². The molecule has 0 amide bonds. The van der Waals surface area contributed by atoms with E-state index in [1.807, 2.05) is 0 Å². The second-order valence-corrected chi connectivity index (χ2v) is 3.32. The lowest BCUT2D eigenvalue weighted by Gasteiger charge is -2.09. The van der Waals surface area contributed by atoms with Crippen LogP contribution in [0.2, 0.25) is 10.0 Å². The number of ether oxygens (including phenoxy) is 1. The van der Waals surface area contributed by atoms with E-state index in [2.05, 4.69) is 0 Å². The van der Waals surface area contributed by atoms with Crippen molar-refractivity contribution in [1.29, 1.82) is 0 Å². The summed E-state index contributed by atoms with van der Waals surface area (Å²) in [4.78, 5) is 10.6. The van der Waals surface area contributed by atoms with Crippen molar-refractivity contribution in [3.05, 3.63) is 27.2 Å². The number of halogens is 2. The molecule has 0 fully saturated rings.